The summed E-state index contributed by atoms with van der Waals surface area (Å²) < 4.78 is 0.687. The minimum absolute atomic E-state index is 0.0256. The second kappa shape index (κ2) is 3.85. The quantitative estimate of drug-likeness (QED) is 0.786. The highest BCUT2D eigenvalue weighted by Crippen LogP contribution is 2.35. The second-order valence-electron chi connectivity index (χ2n) is 3.71. The van der Waals surface area contributed by atoms with Crippen molar-refractivity contribution < 1.29 is 9.90 Å². The molecule has 2 rings (SSSR count). The summed E-state index contributed by atoms with van der Waals surface area (Å²) in [4.78, 5) is 13.1. The molecular formula is C11H12BrNO2. The molecule has 80 valence electrons. The molecule has 1 aliphatic heterocycles. The maximum absolute atomic E-state index is 11.4. The van der Waals surface area contributed by atoms with Gasteiger partial charge >= 0.3 is 0 Å². The van der Waals surface area contributed by atoms with Crippen molar-refractivity contribution in [2.75, 3.05) is 11.4 Å². The van der Waals surface area contributed by atoms with E-state index >= 15 is 0 Å². The van der Waals surface area contributed by atoms with E-state index in [1.807, 2.05) is 6.07 Å². The van der Waals surface area contributed by atoms with E-state index in [9.17, 15) is 9.90 Å². The standard InChI is InChI=1S/C11H12BrNO2/c1-7(14)13-4-2-3-8-5-9(12)11(15)6-10(8)13/h5-6,15H,2-4H2,1H3. The molecule has 0 aromatic heterocycles. The summed E-state index contributed by atoms with van der Waals surface area (Å²) in [6.45, 7) is 2.29. The molecule has 0 fully saturated rings. The number of phenolic OH excluding ortho intramolecular Hbond substituents is 1. The molecule has 0 aliphatic carbocycles. The number of carbonyl (C=O) groups excluding carboxylic acids is 1. The smallest absolute Gasteiger partial charge is 0.223 e. The van der Waals surface area contributed by atoms with Gasteiger partial charge in [-0.25, -0.2) is 0 Å². The van der Waals surface area contributed by atoms with Crippen LogP contribution in [0.3, 0.4) is 0 Å². The molecule has 1 N–H and O–H groups in total. The van der Waals surface area contributed by atoms with E-state index < -0.39 is 0 Å². The van der Waals surface area contributed by atoms with Crippen LogP contribution in [0, 0.1) is 0 Å². The number of amides is 1. The number of hydrogen-bond acceptors (Lipinski definition) is 2. The maximum Gasteiger partial charge on any atom is 0.223 e. The molecule has 1 heterocycles. The Kier molecular flexibility index (Phi) is 2.69. The minimum Gasteiger partial charge on any atom is -0.507 e. The van der Waals surface area contributed by atoms with Crippen LogP contribution in [-0.2, 0) is 11.2 Å². The number of aromatic hydroxyl groups is 1. The maximum atomic E-state index is 11.4. The van der Waals surface area contributed by atoms with Gasteiger partial charge in [0.1, 0.15) is 5.75 Å². The van der Waals surface area contributed by atoms with Gasteiger partial charge in [-0.1, -0.05) is 0 Å². The predicted molar refractivity (Wildman–Crippen MR) is 62.2 cm³/mol. The van der Waals surface area contributed by atoms with Gasteiger partial charge in [-0.15, -0.1) is 0 Å². The molecule has 4 heteroatoms. The number of aryl methyl sites for hydroxylation is 1. The summed E-state index contributed by atoms with van der Waals surface area (Å²) in [5.41, 5.74) is 1.95. The average molecular weight is 270 g/mol. The van der Waals surface area contributed by atoms with Gasteiger partial charge in [0.2, 0.25) is 5.91 Å². The van der Waals surface area contributed by atoms with Crippen molar-refractivity contribution in [2.24, 2.45) is 0 Å². The zero-order valence-corrected chi connectivity index (χ0v) is 10.0. The molecule has 1 aromatic rings. The third kappa shape index (κ3) is 1.86. The lowest BCUT2D eigenvalue weighted by Gasteiger charge is -2.28. The number of halogens is 1. The Morgan fingerprint density at radius 2 is 2.27 bits per heavy atom. The second-order valence-corrected chi connectivity index (χ2v) is 4.56. The summed E-state index contributed by atoms with van der Waals surface area (Å²) in [6.07, 6.45) is 1.93. The van der Waals surface area contributed by atoms with E-state index in [2.05, 4.69) is 15.9 Å². The van der Waals surface area contributed by atoms with Crippen molar-refractivity contribution in [3.63, 3.8) is 0 Å². The van der Waals surface area contributed by atoms with Crippen molar-refractivity contribution in [1.82, 2.24) is 0 Å². The van der Waals surface area contributed by atoms with Crippen molar-refractivity contribution >= 4 is 27.5 Å². The number of benzene rings is 1. The van der Waals surface area contributed by atoms with Gasteiger partial charge in [-0.2, -0.15) is 0 Å². The first-order valence-corrected chi connectivity index (χ1v) is 5.68. The number of fused-ring (bicyclic) bond motifs is 1. The van der Waals surface area contributed by atoms with E-state index in [1.165, 1.54) is 0 Å². The first-order valence-electron chi connectivity index (χ1n) is 4.89. The van der Waals surface area contributed by atoms with Gasteiger partial charge in [0.05, 0.1) is 10.2 Å². The van der Waals surface area contributed by atoms with Crippen LogP contribution < -0.4 is 4.90 Å². The lowest BCUT2D eigenvalue weighted by molar-refractivity contribution is -0.116. The molecule has 0 saturated carbocycles. The molecule has 1 amide bonds. The Balaban J connectivity index is 2.51. The monoisotopic (exact) mass is 269 g/mol. The average Bonchev–Trinajstić information content (AvgIpc) is 2.18. The van der Waals surface area contributed by atoms with E-state index in [-0.39, 0.29) is 11.7 Å². The highest BCUT2D eigenvalue weighted by molar-refractivity contribution is 9.10. The molecular weight excluding hydrogens is 258 g/mol. The third-order valence-electron chi connectivity index (χ3n) is 2.65. The zero-order chi connectivity index (χ0) is 11.0. The van der Waals surface area contributed by atoms with Crippen LogP contribution >= 0.6 is 15.9 Å². The van der Waals surface area contributed by atoms with Crippen LogP contribution in [-0.4, -0.2) is 17.6 Å². The fourth-order valence-corrected chi connectivity index (χ4v) is 2.31. The number of rotatable bonds is 0. The summed E-state index contributed by atoms with van der Waals surface area (Å²) in [6, 6.07) is 3.54. The van der Waals surface area contributed by atoms with Crippen molar-refractivity contribution in [1.29, 1.82) is 0 Å². The van der Waals surface area contributed by atoms with E-state index in [0.29, 0.717) is 4.47 Å². The molecule has 3 nitrogen and oxygen atoms in total. The van der Waals surface area contributed by atoms with Gasteiger partial charge < -0.3 is 10.0 Å². The zero-order valence-electron chi connectivity index (χ0n) is 8.46. The normalized spacial score (nSPS) is 14.9. The highest BCUT2D eigenvalue weighted by atomic mass is 79.9. The van der Waals surface area contributed by atoms with Crippen LogP contribution in [0.1, 0.15) is 18.9 Å². The molecule has 0 saturated heterocycles. The topological polar surface area (TPSA) is 40.5 Å². The number of nitrogens with zero attached hydrogens (tertiary/aromatic N) is 1. The van der Waals surface area contributed by atoms with Gasteiger partial charge in [0.15, 0.2) is 0 Å². The molecule has 0 spiro atoms. The molecule has 1 aliphatic rings. The number of hydrogen-bond donors (Lipinski definition) is 1. The third-order valence-corrected chi connectivity index (χ3v) is 3.28. The molecule has 0 unspecified atom stereocenters. The molecule has 0 atom stereocenters. The van der Waals surface area contributed by atoms with Gasteiger partial charge in [0, 0.05) is 19.5 Å². The largest absolute Gasteiger partial charge is 0.507 e. The van der Waals surface area contributed by atoms with E-state index in [0.717, 1.165) is 30.6 Å². The Bertz CT molecular complexity index is 417. The fraction of sp³-hybridized carbons (Fsp3) is 0.364. The Hall–Kier alpha value is -1.03. The van der Waals surface area contributed by atoms with Crippen LogP contribution in [0.5, 0.6) is 5.75 Å². The first kappa shape index (κ1) is 10.5. The van der Waals surface area contributed by atoms with Gasteiger partial charge in [-0.3, -0.25) is 4.79 Å². The SMILES string of the molecule is CC(=O)N1CCCc2cc(Br)c(O)cc21. The number of anilines is 1. The molecule has 0 radical (unpaired) electrons. The van der Waals surface area contributed by atoms with E-state index in [1.54, 1.807) is 17.9 Å². The van der Waals surface area contributed by atoms with Crippen molar-refractivity contribution in [2.45, 2.75) is 19.8 Å². The number of carbonyl (C=O) groups is 1. The van der Waals surface area contributed by atoms with Crippen LogP contribution in [0.15, 0.2) is 16.6 Å². The Morgan fingerprint density at radius 3 is 2.93 bits per heavy atom. The lowest BCUT2D eigenvalue weighted by Crippen LogP contribution is -2.33. The van der Waals surface area contributed by atoms with Gasteiger partial charge in [0.25, 0.3) is 0 Å². The van der Waals surface area contributed by atoms with Crippen LogP contribution in [0.2, 0.25) is 0 Å². The Labute approximate surface area is 96.8 Å². The summed E-state index contributed by atoms with van der Waals surface area (Å²) in [5.74, 6) is 0.208. The molecule has 1 aromatic carbocycles. The molecule has 15 heavy (non-hydrogen) atoms. The summed E-state index contributed by atoms with van der Waals surface area (Å²) >= 11 is 3.28. The van der Waals surface area contributed by atoms with Crippen LogP contribution in [0.25, 0.3) is 0 Å². The summed E-state index contributed by atoms with van der Waals surface area (Å²) in [7, 11) is 0. The van der Waals surface area contributed by atoms with Crippen molar-refractivity contribution in [3.8, 4) is 5.75 Å². The van der Waals surface area contributed by atoms with E-state index in [4.69, 9.17) is 0 Å². The molecule has 0 bridgehead atoms. The predicted octanol–water partition coefficient (Wildman–Crippen LogP) is 2.45. The minimum atomic E-state index is 0.0256. The van der Waals surface area contributed by atoms with Gasteiger partial charge in [-0.05, 0) is 40.4 Å². The van der Waals surface area contributed by atoms with Crippen LogP contribution in [0.4, 0.5) is 5.69 Å². The Morgan fingerprint density at radius 1 is 1.53 bits per heavy atom. The highest BCUT2D eigenvalue weighted by Gasteiger charge is 2.21. The lowest BCUT2D eigenvalue weighted by atomic mass is 10.0. The van der Waals surface area contributed by atoms with Crippen molar-refractivity contribution in [3.05, 3.63) is 22.2 Å². The fourth-order valence-electron chi connectivity index (χ4n) is 1.92. The summed E-state index contributed by atoms with van der Waals surface area (Å²) in [5, 5.41) is 9.59. The first-order chi connectivity index (χ1) is 7.09. The number of phenols is 1.